The van der Waals surface area contributed by atoms with E-state index in [9.17, 15) is 9.18 Å². The summed E-state index contributed by atoms with van der Waals surface area (Å²) >= 11 is 0. The molecule has 1 aromatic carbocycles. The number of halogens is 1. The average molecular weight is 273 g/mol. The van der Waals surface area contributed by atoms with Crippen molar-refractivity contribution in [3.8, 4) is 17.0 Å². The molecule has 0 fully saturated rings. The number of nitrogens with zero attached hydrogens (tertiary/aromatic N) is 1. The van der Waals surface area contributed by atoms with Gasteiger partial charge in [-0.2, -0.15) is 0 Å². The second-order valence-corrected chi connectivity index (χ2v) is 4.94. The number of rotatable bonds is 3. The van der Waals surface area contributed by atoms with Gasteiger partial charge in [-0.3, -0.25) is 4.79 Å². The fourth-order valence-electron chi connectivity index (χ4n) is 2.79. The third kappa shape index (κ3) is 1.83. The van der Waals surface area contributed by atoms with Gasteiger partial charge >= 0.3 is 0 Å². The minimum absolute atomic E-state index is 0.106. The van der Waals surface area contributed by atoms with Crippen LogP contribution in [-0.2, 0) is 13.0 Å². The van der Waals surface area contributed by atoms with Gasteiger partial charge in [0.15, 0.2) is 17.3 Å². The van der Waals surface area contributed by atoms with E-state index in [2.05, 4.69) is 4.57 Å². The van der Waals surface area contributed by atoms with E-state index in [0.29, 0.717) is 12.0 Å². The quantitative estimate of drug-likeness (QED) is 0.802. The van der Waals surface area contributed by atoms with Crippen molar-refractivity contribution in [2.75, 3.05) is 7.11 Å². The lowest BCUT2D eigenvalue weighted by Crippen LogP contribution is -2.12. The SMILES string of the molecule is CCC(=O)c1ccn2c1-c1cc(OC)c(F)cc1CC2. The maximum atomic E-state index is 13.8. The molecule has 1 aromatic heterocycles. The van der Waals surface area contributed by atoms with Crippen molar-refractivity contribution >= 4 is 5.78 Å². The first-order valence-electron chi connectivity index (χ1n) is 6.74. The highest BCUT2D eigenvalue weighted by Gasteiger charge is 2.24. The highest BCUT2D eigenvalue weighted by Crippen LogP contribution is 2.37. The van der Waals surface area contributed by atoms with Crippen LogP contribution in [0, 0.1) is 5.82 Å². The molecule has 0 bridgehead atoms. The van der Waals surface area contributed by atoms with Crippen LogP contribution >= 0.6 is 0 Å². The fourth-order valence-corrected chi connectivity index (χ4v) is 2.79. The molecular weight excluding hydrogens is 257 g/mol. The van der Waals surface area contributed by atoms with Crippen molar-refractivity contribution in [3.63, 3.8) is 0 Å². The van der Waals surface area contributed by atoms with E-state index in [-0.39, 0.29) is 17.3 Å². The summed E-state index contributed by atoms with van der Waals surface area (Å²) in [5, 5.41) is 0. The molecule has 1 aliphatic heterocycles. The molecule has 104 valence electrons. The Labute approximate surface area is 117 Å². The molecule has 0 radical (unpaired) electrons. The molecule has 2 heterocycles. The molecule has 3 nitrogen and oxygen atoms in total. The molecule has 1 aliphatic rings. The molecule has 4 heteroatoms. The Bertz CT molecular complexity index is 688. The van der Waals surface area contributed by atoms with Crippen molar-refractivity contribution in [3.05, 3.63) is 41.3 Å². The zero-order valence-electron chi connectivity index (χ0n) is 11.6. The average Bonchev–Trinajstić information content (AvgIpc) is 2.89. The highest BCUT2D eigenvalue weighted by molar-refractivity contribution is 6.02. The first-order chi connectivity index (χ1) is 9.65. The molecule has 3 rings (SSSR count). The summed E-state index contributed by atoms with van der Waals surface area (Å²) in [5.74, 6) is -0.0298. The van der Waals surface area contributed by atoms with E-state index in [1.165, 1.54) is 13.2 Å². The number of Topliss-reactive ketones (excluding diaryl/α,β-unsaturated/α-hetero) is 1. The Hall–Kier alpha value is -2.10. The van der Waals surface area contributed by atoms with Crippen LogP contribution in [-0.4, -0.2) is 17.5 Å². The van der Waals surface area contributed by atoms with E-state index in [1.807, 2.05) is 19.2 Å². The number of ether oxygens (including phenoxy) is 1. The maximum absolute atomic E-state index is 13.8. The highest BCUT2D eigenvalue weighted by atomic mass is 19.1. The maximum Gasteiger partial charge on any atom is 0.165 e. The normalized spacial score (nSPS) is 12.8. The van der Waals surface area contributed by atoms with Crippen molar-refractivity contribution in [2.24, 2.45) is 0 Å². The number of aryl methyl sites for hydroxylation is 2. The van der Waals surface area contributed by atoms with Crippen molar-refractivity contribution in [1.82, 2.24) is 4.57 Å². The molecular formula is C16H16FNO2. The summed E-state index contributed by atoms with van der Waals surface area (Å²) in [5.41, 5.74) is 3.43. The Morgan fingerprint density at radius 3 is 2.95 bits per heavy atom. The van der Waals surface area contributed by atoms with E-state index >= 15 is 0 Å². The van der Waals surface area contributed by atoms with Crippen LogP contribution in [0.1, 0.15) is 29.3 Å². The van der Waals surface area contributed by atoms with E-state index < -0.39 is 0 Å². The van der Waals surface area contributed by atoms with Crippen molar-refractivity contribution in [2.45, 2.75) is 26.3 Å². The predicted molar refractivity (Wildman–Crippen MR) is 74.7 cm³/mol. The molecule has 0 amide bonds. The van der Waals surface area contributed by atoms with Crippen molar-refractivity contribution in [1.29, 1.82) is 0 Å². The van der Waals surface area contributed by atoms with E-state index in [4.69, 9.17) is 4.74 Å². The fraction of sp³-hybridized carbons (Fsp3) is 0.312. The lowest BCUT2D eigenvalue weighted by molar-refractivity contribution is 0.0989. The predicted octanol–water partition coefficient (Wildman–Crippen LogP) is 3.45. The summed E-state index contributed by atoms with van der Waals surface area (Å²) in [6.07, 6.45) is 3.15. The van der Waals surface area contributed by atoms with Gasteiger partial charge in [0.25, 0.3) is 0 Å². The topological polar surface area (TPSA) is 31.2 Å². The summed E-state index contributed by atoms with van der Waals surface area (Å²) in [6, 6.07) is 5.07. The van der Waals surface area contributed by atoms with Gasteiger partial charge in [-0.25, -0.2) is 4.39 Å². The summed E-state index contributed by atoms with van der Waals surface area (Å²) in [4.78, 5) is 12.1. The van der Waals surface area contributed by atoms with Crippen LogP contribution < -0.4 is 4.74 Å². The van der Waals surface area contributed by atoms with Crippen LogP contribution in [0.5, 0.6) is 5.75 Å². The van der Waals surface area contributed by atoms with Crippen LogP contribution in [0.15, 0.2) is 24.4 Å². The largest absolute Gasteiger partial charge is 0.494 e. The zero-order valence-corrected chi connectivity index (χ0v) is 11.6. The molecule has 0 N–H and O–H groups in total. The number of ketones is 1. The summed E-state index contributed by atoms with van der Waals surface area (Å²) in [6.45, 7) is 2.62. The molecule has 0 atom stereocenters. The number of methoxy groups -OCH3 is 1. The first-order valence-corrected chi connectivity index (χ1v) is 6.74. The van der Waals surface area contributed by atoms with Gasteiger partial charge in [-0.15, -0.1) is 0 Å². The number of aromatic nitrogens is 1. The van der Waals surface area contributed by atoms with Gasteiger partial charge in [-0.05, 0) is 30.2 Å². The zero-order chi connectivity index (χ0) is 14.3. The number of hydrogen-bond donors (Lipinski definition) is 0. The molecule has 0 saturated heterocycles. The van der Waals surface area contributed by atoms with Gasteiger partial charge in [0.05, 0.1) is 12.8 Å². The molecule has 0 unspecified atom stereocenters. The van der Waals surface area contributed by atoms with Gasteiger partial charge < -0.3 is 9.30 Å². The monoisotopic (exact) mass is 273 g/mol. The van der Waals surface area contributed by atoms with Gasteiger partial charge in [-0.1, -0.05) is 6.92 Å². The van der Waals surface area contributed by atoms with Gasteiger partial charge in [0.1, 0.15) is 0 Å². The van der Waals surface area contributed by atoms with Crippen molar-refractivity contribution < 1.29 is 13.9 Å². The smallest absolute Gasteiger partial charge is 0.165 e. The van der Waals surface area contributed by atoms with Crippen LogP contribution in [0.3, 0.4) is 0 Å². The minimum Gasteiger partial charge on any atom is -0.494 e. The Morgan fingerprint density at radius 2 is 2.25 bits per heavy atom. The molecule has 2 aromatic rings. The number of carbonyl (C=O) groups excluding carboxylic acids is 1. The first kappa shape index (κ1) is 12.9. The van der Waals surface area contributed by atoms with Crippen LogP contribution in [0.2, 0.25) is 0 Å². The number of fused-ring (bicyclic) bond motifs is 3. The summed E-state index contributed by atoms with van der Waals surface area (Å²) in [7, 11) is 1.45. The molecule has 20 heavy (non-hydrogen) atoms. The Kier molecular flexibility index (Phi) is 3.08. The minimum atomic E-state index is -0.352. The Morgan fingerprint density at radius 1 is 1.45 bits per heavy atom. The van der Waals surface area contributed by atoms with Crippen LogP contribution in [0.4, 0.5) is 4.39 Å². The lowest BCUT2D eigenvalue weighted by Gasteiger charge is -2.21. The van der Waals surface area contributed by atoms with E-state index in [1.54, 1.807) is 6.07 Å². The second kappa shape index (κ2) is 4.78. The molecule has 0 saturated carbocycles. The standard InChI is InChI=1S/C16H16FNO2/c1-3-14(19)11-5-7-18-6-4-10-8-13(17)15(20-2)9-12(10)16(11)18/h5,7-9H,3-4,6H2,1-2H3. The third-order valence-electron chi connectivity index (χ3n) is 3.84. The van der Waals surface area contributed by atoms with Crippen LogP contribution in [0.25, 0.3) is 11.3 Å². The van der Waals surface area contributed by atoms with E-state index in [0.717, 1.165) is 29.8 Å². The molecule has 0 aliphatic carbocycles. The summed E-state index contributed by atoms with van der Waals surface area (Å²) < 4.78 is 20.9. The van der Waals surface area contributed by atoms with Gasteiger partial charge in [0.2, 0.25) is 0 Å². The van der Waals surface area contributed by atoms with Gasteiger partial charge in [0, 0.05) is 30.3 Å². The third-order valence-corrected chi connectivity index (χ3v) is 3.84. The molecule has 0 spiro atoms. The number of carbonyl (C=O) groups is 1. The number of hydrogen-bond acceptors (Lipinski definition) is 2. The Balaban J connectivity index is 2.23. The number of benzene rings is 1. The lowest BCUT2D eigenvalue weighted by atomic mass is 9.94. The second-order valence-electron chi connectivity index (χ2n) is 4.94.